The van der Waals surface area contributed by atoms with Crippen molar-refractivity contribution in [3.8, 4) is 0 Å². The first kappa shape index (κ1) is 10.7. The molecule has 3 nitrogen and oxygen atoms in total. The molecule has 0 aromatic carbocycles. The lowest BCUT2D eigenvalue weighted by Gasteiger charge is -2.16. The minimum absolute atomic E-state index is 0.498. The predicted octanol–water partition coefficient (Wildman–Crippen LogP) is 2.61. The molecule has 1 aliphatic rings. The molecule has 1 aliphatic carbocycles. The standard InChI is InChI=1S/C12H20N2O/c1-8(2)13-7-11-10-6-4-5-9(3)12(10)15-14-11/h8-9,13H,4-7H2,1-3H3. The predicted molar refractivity (Wildman–Crippen MR) is 59.8 cm³/mol. The van der Waals surface area contributed by atoms with Gasteiger partial charge in [0, 0.05) is 24.1 Å². The van der Waals surface area contributed by atoms with E-state index in [4.69, 9.17) is 4.52 Å². The van der Waals surface area contributed by atoms with Gasteiger partial charge in [-0.1, -0.05) is 25.9 Å². The molecule has 1 aromatic heterocycles. The van der Waals surface area contributed by atoms with Gasteiger partial charge < -0.3 is 9.84 Å². The SMILES string of the molecule is CC(C)NCc1noc2c1CCCC2C. The van der Waals surface area contributed by atoms with Crippen molar-refractivity contribution in [2.75, 3.05) is 0 Å². The van der Waals surface area contributed by atoms with Crippen LogP contribution in [0.2, 0.25) is 0 Å². The van der Waals surface area contributed by atoms with Crippen molar-refractivity contribution in [2.45, 2.75) is 58.5 Å². The molecule has 1 heterocycles. The Bertz CT molecular complexity index is 330. The molecule has 0 amide bonds. The van der Waals surface area contributed by atoms with Gasteiger partial charge in [0.2, 0.25) is 0 Å². The molecule has 0 fully saturated rings. The van der Waals surface area contributed by atoms with Crippen LogP contribution in [0, 0.1) is 0 Å². The number of fused-ring (bicyclic) bond motifs is 1. The van der Waals surface area contributed by atoms with Gasteiger partial charge in [-0.3, -0.25) is 0 Å². The van der Waals surface area contributed by atoms with E-state index in [0.717, 1.165) is 24.4 Å². The minimum Gasteiger partial charge on any atom is -0.361 e. The van der Waals surface area contributed by atoms with Crippen molar-refractivity contribution in [3.05, 3.63) is 17.0 Å². The number of nitrogens with zero attached hydrogens (tertiary/aromatic N) is 1. The van der Waals surface area contributed by atoms with Gasteiger partial charge in [-0.2, -0.15) is 0 Å². The Morgan fingerprint density at radius 2 is 2.33 bits per heavy atom. The number of hydrogen-bond donors (Lipinski definition) is 1. The normalized spacial score (nSPS) is 20.7. The first-order chi connectivity index (χ1) is 7.18. The molecule has 0 aliphatic heterocycles. The van der Waals surface area contributed by atoms with Crippen molar-refractivity contribution in [3.63, 3.8) is 0 Å². The van der Waals surface area contributed by atoms with Gasteiger partial charge in [-0.15, -0.1) is 0 Å². The average molecular weight is 208 g/mol. The van der Waals surface area contributed by atoms with Crippen LogP contribution < -0.4 is 5.32 Å². The third-order valence-electron chi connectivity index (χ3n) is 3.09. The molecule has 3 heteroatoms. The zero-order valence-electron chi connectivity index (χ0n) is 9.84. The fourth-order valence-corrected chi connectivity index (χ4v) is 2.17. The summed E-state index contributed by atoms with van der Waals surface area (Å²) >= 11 is 0. The van der Waals surface area contributed by atoms with E-state index >= 15 is 0 Å². The van der Waals surface area contributed by atoms with Crippen LogP contribution in [0.25, 0.3) is 0 Å². The molecule has 15 heavy (non-hydrogen) atoms. The van der Waals surface area contributed by atoms with E-state index in [1.54, 1.807) is 0 Å². The van der Waals surface area contributed by atoms with Gasteiger partial charge in [0.15, 0.2) is 0 Å². The topological polar surface area (TPSA) is 38.1 Å². The van der Waals surface area contributed by atoms with E-state index in [1.807, 2.05) is 0 Å². The molecular weight excluding hydrogens is 188 g/mol. The fraction of sp³-hybridized carbons (Fsp3) is 0.750. The lowest BCUT2D eigenvalue weighted by Crippen LogP contribution is -2.23. The smallest absolute Gasteiger partial charge is 0.143 e. The molecule has 1 atom stereocenters. The number of hydrogen-bond acceptors (Lipinski definition) is 3. The summed E-state index contributed by atoms with van der Waals surface area (Å²) in [6.45, 7) is 7.36. The van der Waals surface area contributed by atoms with Crippen molar-refractivity contribution in [1.82, 2.24) is 10.5 Å². The summed E-state index contributed by atoms with van der Waals surface area (Å²) in [5.74, 6) is 1.68. The van der Waals surface area contributed by atoms with Gasteiger partial charge in [-0.25, -0.2) is 0 Å². The largest absolute Gasteiger partial charge is 0.361 e. The van der Waals surface area contributed by atoms with Crippen LogP contribution in [-0.2, 0) is 13.0 Å². The second-order valence-corrected chi connectivity index (χ2v) is 4.80. The molecule has 84 valence electrons. The Balaban J connectivity index is 2.12. The molecule has 0 saturated carbocycles. The summed E-state index contributed by atoms with van der Waals surface area (Å²) in [5, 5.41) is 7.57. The van der Waals surface area contributed by atoms with Crippen LogP contribution in [0.5, 0.6) is 0 Å². The monoisotopic (exact) mass is 208 g/mol. The van der Waals surface area contributed by atoms with E-state index < -0.39 is 0 Å². The fourth-order valence-electron chi connectivity index (χ4n) is 2.17. The van der Waals surface area contributed by atoms with Crippen LogP contribution >= 0.6 is 0 Å². The molecule has 2 rings (SSSR count). The highest BCUT2D eigenvalue weighted by Crippen LogP contribution is 2.32. The Morgan fingerprint density at radius 1 is 1.53 bits per heavy atom. The number of nitrogens with one attached hydrogen (secondary N) is 1. The summed E-state index contributed by atoms with van der Waals surface area (Å²) < 4.78 is 5.44. The summed E-state index contributed by atoms with van der Waals surface area (Å²) in [6, 6.07) is 0.498. The number of aromatic nitrogens is 1. The highest BCUT2D eigenvalue weighted by molar-refractivity contribution is 5.27. The van der Waals surface area contributed by atoms with Crippen molar-refractivity contribution in [1.29, 1.82) is 0 Å². The van der Waals surface area contributed by atoms with Crippen molar-refractivity contribution < 1.29 is 4.52 Å². The third kappa shape index (κ3) is 2.23. The van der Waals surface area contributed by atoms with Crippen molar-refractivity contribution in [2.24, 2.45) is 0 Å². The highest BCUT2D eigenvalue weighted by atomic mass is 16.5. The van der Waals surface area contributed by atoms with E-state index in [-0.39, 0.29) is 0 Å². The molecule has 1 aromatic rings. The summed E-state index contributed by atoms with van der Waals surface area (Å²) in [4.78, 5) is 0. The first-order valence-corrected chi connectivity index (χ1v) is 5.89. The second kappa shape index (κ2) is 4.35. The second-order valence-electron chi connectivity index (χ2n) is 4.80. The summed E-state index contributed by atoms with van der Waals surface area (Å²) in [7, 11) is 0. The molecule has 0 bridgehead atoms. The molecular formula is C12H20N2O. The van der Waals surface area contributed by atoms with Crippen LogP contribution in [0.15, 0.2) is 4.52 Å². The maximum Gasteiger partial charge on any atom is 0.143 e. The van der Waals surface area contributed by atoms with Gasteiger partial charge in [0.25, 0.3) is 0 Å². The van der Waals surface area contributed by atoms with E-state index in [2.05, 4.69) is 31.2 Å². The maximum atomic E-state index is 5.44. The Hall–Kier alpha value is -0.830. The van der Waals surface area contributed by atoms with E-state index in [9.17, 15) is 0 Å². The van der Waals surface area contributed by atoms with E-state index in [1.165, 1.54) is 18.4 Å². The van der Waals surface area contributed by atoms with Crippen LogP contribution in [0.4, 0.5) is 0 Å². The average Bonchev–Trinajstić information content (AvgIpc) is 2.59. The van der Waals surface area contributed by atoms with E-state index in [0.29, 0.717) is 12.0 Å². The minimum atomic E-state index is 0.498. The quantitative estimate of drug-likeness (QED) is 0.829. The van der Waals surface area contributed by atoms with Crippen LogP contribution in [-0.4, -0.2) is 11.2 Å². The molecule has 0 spiro atoms. The third-order valence-corrected chi connectivity index (χ3v) is 3.09. The molecule has 0 saturated heterocycles. The molecule has 1 N–H and O–H groups in total. The number of rotatable bonds is 3. The Morgan fingerprint density at radius 3 is 3.07 bits per heavy atom. The maximum absolute atomic E-state index is 5.44. The van der Waals surface area contributed by atoms with Gasteiger partial charge in [0.1, 0.15) is 11.5 Å². The summed E-state index contributed by atoms with van der Waals surface area (Å²) in [5.41, 5.74) is 2.48. The molecule has 0 radical (unpaired) electrons. The summed E-state index contributed by atoms with van der Waals surface area (Å²) in [6.07, 6.45) is 3.64. The molecule has 1 unspecified atom stereocenters. The first-order valence-electron chi connectivity index (χ1n) is 5.89. The van der Waals surface area contributed by atoms with Crippen LogP contribution in [0.3, 0.4) is 0 Å². The lowest BCUT2D eigenvalue weighted by molar-refractivity contribution is 0.344. The Kier molecular flexibility index (Phi) is 3.10. The van der Waals surface area contributed by atoms with Crippen molar-refractivity contribution >= 4 is 0 Å². The van der Waals surface area contributed by atoms with Gasteiger partial charge >= 0.3 is 0 Å². The van der Waals surface area contributed by atoms with Gasteiger partial charge in [0.05, 0.1) is 0 Å². The van der Waals surface area contributed by atoms with Gasteiger partial charge in [-0.05, 0) is 19.3 Å². The van der Waals surface area contributed by atoms with Crippen LogP contribution in [0.1, 0.15) is 56.5 Å². The lowest BCUT2D eigenvalue weighted by atomic mass is 9.89. The Labute approximate surface area is 91.2 Å². The zero-order chi connectivity index (χ0) is 10.8. The highest BCUT2D eigenvalue weighted by Gasteiger charge is 2.24. The zero-order valence-corrected chi connectivity index (χ0v) is 9.84.